The molecule has 5 nitrogen and oxygen atoms in total. The normalized spacial score (nSPS) is 18.2. The number of nitrogens with zero attached hydrogens (tertiary/aromatic N) is 1. The Labute approximate surface area is 215 Å². The van der Waals surface area contributed by atoms with Crippen molar-refractivity contribution in [2.24, 2.45) is 0 Å². The molecule has 0 bridgehead atoms. The van der Waals surface area contributed by atoms with Gasteiger partial charge in [-0.2, -0.15) is 5.26 Å². The van der Waals surface area contributed by atoms with Gasteiger partial charge in [0.25, 0.3) is 0 Å². The summed E-state index contributed by atoms with van der Waals surface area (Å²) < 4.78 is 43.7. The lowest BCUT2D eigenvalue weighted by Gasteiger charge is -2.40. The second-order valence-electron chi connectivity index (χ2n) is 10.4. The van der Waals surface area contributed by atoms with E-state index in [1.165, 1.54) is 0 Å². The first-order chi connectivity index (χ1) is 16.3. The van der Waals surface area contributed by atoms with Crippen molar-refractivity contribution in [2.75, 3.05) is 5.75 Å². The molecule has 1 fully saturated rings. The summed E-state index contributed by atoms with van der Waals surface area (Å²) in [5, 5.41) is 11.8. The molecule has 0 spiro atoms. The molecule has 184 valence electrons. The van der Waals surface area contributed by atoms with Gasteiger partial charge in [-0.3, -0.25) is 0 Å². The molecule has 0 radical (unpaired) electrons. The van der Waals surface area contributed by atoms with E-state index in [-0.39, 0.29) is 5.75 Å². The molecular weight excluding hydrogens is 497 g/mol. The topological polar surface area (TPSA) is 93.0 Å². The van der Waals surface area contributed by atoms with Gasteiger partial charge in [-0.25, -0.2) is 8.42 Å². The maximum atomic E-state index is 13.6. The Kier molecular flexibility index (Phi) is 6.76. The molecular formula is C27H30N2O3S3. The molecule has 0 saturated heterocycles. The zero-order valence-corrected chi connectivity index (χ0v) is 23.1. The number of thiophene rings is 1. The molecule has 1 N–H and O–H groups in total. The Hall–Kier alpha value is -2.07. The summed E-state index contributed by atoms with van der Waals surface area (Å²) in [7, 11) is -3.80. The molecule has 1 aromatic heterocycles. The molecule has 2 aromatic carbocycles. The van der Waals surface area contributed by atoms with Gasteiger partial charge in [-0.15, -0.1) is 22.0 Å². The van der Waals surface area contributed by atoms with Crippen molar-refractivity contribution in [2.45, 2.75) is 68.9 Å². The van der Waals surface area contributed by atoms with Crippen molar-refractivity contribution in [3.63, 3.8) is 0 Å². The quantitative estimate of drug-likeness (QED) is 0.336. The van der Waals surface area contributed by atoms with E-state index in [2.05, 4.69) is 34.8 Å². The second kappa shape index (κ2) is 9.10. The Morgan fingerprint density at radius 3 is 2.29 bits per heavy atom. The van der Waals surface area contributed by atoms with Gasteiger partial charge in [0.2, 0.25) is 0 Å². The SMILES string of the molecule is CC#Cc1ccc2sc3ccc(C(C)(CS(=O)(=O)C4(C#N)CCC4)N[S+]([O-])C(C)(C)C)cc3c2c1. The Balaban J connectivity index is 1.86. The second-order valence-corrected chi connectivity index (χ2v) is 15.8. The van der Waals surface area contributed by atoms with Crippen LogP contribution in [0.2, 0.25) is 0 Å². The molecule has 2 unspecified atom stereocenters. The van der Waals surface area contributed by atoms with Crippen molar-refractivity contribution >= 4 is 52.7 Å². The summed E-state index contributed by atoms with van der Waals surface area (Å²) in [4.78, 5) is 0. The van der Waals surface area contributed by atoms with E-state index in [0.717, 1.165) is 37.7 Å². The first-order valence-electron chi connectivity index (χ1n) is 11.6. The monoisotopic (exact) mass is 526 g/mol. The van der Waals surface area contributed by atoms with Gasteiger partial charge in [0.15, 0.2) is 14.6 Å². The number of fused-ring (bicyclic) bond motifs is 3. The minimum absolute atomic E-state index is 0.310. The summed E-state index contributed by atoms with van der Waals surface area (Å²) in [6.45, 7) is 9.12. The van der Waals surface area contributed by atoms with Crippen LogP contribution in [0.3, 0.4) is 0 Å². The molecule has 4 rings (SSSR count). The molecule has 1 aliphatic rings. The van der Waals surface area contributed by atoms with Gasteiger partial charge < -0.3 is 4.55 Å². The number of rotatable bonds is 6. The van der Waals surface area contributed by atoms with E-state index in [0.29, 0.717) is 12.8 Å². The Morgan fingerprint density at radius 1 is 1.11 bits per heavy atom. The average molecular weight is 527 g/mol. The van der Waals surface area contributed by atoms with E-state index in [1.807, 2.05) is 45.0 Å². The van der Waals surface area contributed by atoms with Crippen LogP contribution in [0.4, 0.5) is 0 Å². The number of sulfone groups is 1. The summed E-state index contributed by atoms with van der Waals surface area (Å²) in [6, 6.07) is 14.1. The lowest BCUT2D eigenvalue weighted by atomic mass is 9.86. The molecule has 3 aromatic rings. The van der Waals surface area contributed by atoms with Crippen LogP contribution in [-0.2, 0) is 26.7 Å². The summed E-state index contributed by atoms with van der Waals surface area (Å²) in [6.07, 6.45) is 1.42. The zero-order chi connectivity index (χ0) is 25.6. The molecule has 1 aliphatic carbocycles. The predicted octanol–water partition coefficient (Wildman–Crippen LogP) is 5.55. The molecule has 2 atom stereocenters. The van der Waals surface area contributed by atoms with Gasteiger partial charge in [0, 0.05) is 37.1 Å². The standard InChI is InChI=1S/C27H30N2O3S3/c1-6-8-19-9-11-23-21(15-19)22-16-20(10-12-24(22)33-23)26(5,29-34(30)25(2,3)4)18-35(31,32)27(17-28)13-7-14-27/h9-12,15-16,29H,7,13-14,18H2,1-5H3. The first kappa shape index (κ1) is 26.0. The largest absolute Gasteiger partial charge is 0.598 e. The summed E-state index contributed by atoms with van der Waals surface area (Å²) in [5.41, 5.74) is 0.494. The fourth-order valence-corrected chi connectivity index (χ4v) is 8.77. The molecule has 0 amide bonds. The summed E-state index contributed by atoms with van der Waals surface area (Å²) >= 11 is 0.145. The Morgan fingerprint density at radius 2 is 1.74 bits per heavy atom. The zero-order valence-electron chi connectivity index (χ0n) is 20.7. The highest BCUT2D eigenvalue weighted by Crippen LogP contribution is 2.43. The van der Waals surface area contributed by atoms with Gasteiger partial charge >= 0.3 is 0 Å². The third-order valence-corrected chi connectivity index (χ3v) is 12.2. The van der Waals surface area contributed by atoms with Crippen LogP contribution in [0, 0.1) is 23.2 Å². The number of hydrogen-bond donors (Lipinski definition) is 1. The van der Waals surface area contributed by atoms with Crippen molar-refractivity contribution < 1.29 is 13.0 Å². The highest BCUT2D eigenvalue weighted by Gasteiger charge is 2.53. The van der Waals surface area contributed by atoms with Crippen molar-refractivity contribution in [1.82, 2.24) is 4.72 Å². The minimum Gasteiger partial charge on any atom is -0.598 e. The maximum Gasteiger partial charge on any atom is 0.171 e. The van der Waals surface area contributed by atoms with Crippen LogP contribution >= 0.6 is 11.3 Å². The first-order valence-corrected chi connectivity index (χ1v) is 15.2. The van der Waals surface area contributed by atoms with Gasteiger partial charge in [-0.1, -0.05) is 12.0 Å². The van der Waals surface area contributed by atoms with Crippen LogP contribution in [0.1, 0.15) is 65.0 Å². The van der Waals surface area contributed by atoms with Crippen LogP contribution in [-0.4, -0.2) is 28.2 Å². The molecule has 1 heterocycles. The van der Waals surface area contributed by atoms with Gasteiger partial charge in [0.05, 0.1) is 17.4 Å². The van der Waals surface area contributed by atoms with E-state index in [4.69, 9.17) is 0 Å². The third-order valence-electron chi connectivity index (χ3n) is 6.69. The average Bonchev–Trinajstić information content (AvgIpc) is 3.09. The van der Waals surface area contributed by atoms with Crippen molar-refractivity contribution in [3.8, 4) is 17.9 Å². The van der Waals surface area contributed by atoms with Crippen LogP contribution in [0.5, 0.6) is 0 Å². The maximum absolute atomic E-state index is 13.6. The number of hydrogen-bond acceptors (Lipinski definition) is 6. The van der Waals surface area contributed by atoms with Crippen molar-refractivity contribution in [1.29, 1.82) is 5.26 Å². The molecule has 8 heteroatoms. The van der Waals surface area contributed by atoms with E-state index >= 15 is 0 Å². The van der Waals surface area contributed by atoms with Crippen LogP contribution in [0.15, 0.2) is 36.4 Å². The van der Waals surface area contributed by atoms with E-state index < -0.39 is 36.2 Å². The number of nitrogens with one attached hydrogen (secondary N) is 1. The van der Waals surface area contributed by atoms with Gasteiger partial charge in [0.1, 0.15) is 4.75 Å². The van der Waals surface area contributed by atoms with Crippen LogP contribution in [0.25, 0.3) is 20.2 Å². The molecule has 0 aliphatic heterocycles. The summed E-state index contributed by atoms with van der Waals surface area (Å²) in [5.74, 6) is 5.72. The van der Waals surface area contributed by atoms with Gasteiger partial charge in [-0.05, 0) is 89.8 Å². The van der Waals surface area contributed by atoms with Crippen molar-refractivity contribution in [3.05, 3.63) is 47.5 Å². The lowest BCUT2D eigenvalue weighted by Crippen LogP contribution is -2.56. The third kappa shape index (κ3) is 4.71. The number of nitriles is 1. The number of benzene rings is 2. The Bertz CT molecular complexity index is 1500. The minimum atomic E-state index is -3.80. The molecule has 1 saturated carbocycles. The lowest BCUT2D eigenvalue weighted by molar-refractivity contribution is 0.393. The molecule has 35 heavy (non-hydrogen) atoms. The van der Waals surface area contributed by atoms with Crippen LogP contribution < -0.4 is 4.72 Å². The highest BCUT2D eigenvalue weighted by atomic mass is 32.2. The predicted molar refractivity (Wildman–Crippen MR) is 146 cm³/mol. The van der Waals surface area contributed by atoms with E-state index in [1.54, 1.807) is 25.2 Å². The smallest absolute Gasteiger partial charge is 0.171 e. The fourth-order valence-electron chi connectivity index (χ4n) is 4.38. The van der Waals surface area contributed by atoms with E-state index in [9.17, 15) is 18.2 Å². The fraction of sp³-hybridized carbons (Fsp3) is 0.444. The highest BCUT2D eigenvalue weighted by molar-refractivity contribution is 7.93.